The van der Waals surface area contributed by atoms with Gasteiger partial charge < -0.3 is 0 Å². The molecule has 0 aliphatic carbocycles. The lowest BCUT2D eigenvalue weighted by Crippen LogP contribution is -1.98. The van der Waals surface area contributed by atoms with Gasteiger partial charge in [-0.15, -0.1) is 0 Å². The first-order chi connectivity index (χ1) is 6.18. The van der Waals surface area contributed by atoms with Crippen LogP contribution in [-0.2, 0) is 0 Å². The highest BCUT2D eigenvalue weighted by Gasteiger charge is 2.09. The average molecular weight is 240 g/mol. The van der Waals surface area contributed by atoms with Crippen LogP contribution in [0.4, 0.5) is 0 Å². The number of hydrogen-bond acceptors (Lipinski definition) is 3. The van der Waals surface area contributed by atoms with Gasteiger partial charge in [-0.2, -0.15) is 5.10 Å². The van der Waals surface area contributed by atoms with E-state index in [1.165, 1.54) is 6.92 Å². The summed E-state index contributed by atoms with van der Waals surface area (Å²) in [4.78, 5) is 15.2. The normalized spacial score (nSPS) is 10.6. The second kappa shape index (κ2) is 2.92. The monoisotopic (exact) mass is 239 g/mol. The zero-order valence-corrected chi connectivity index (χ0v) is 8.42. The summed E-state index contributed by atoms with van der Waals surface area (Å²) in [7, 11) is 0. The van der Waals surface area contributed by atoms with E-state index >= 15 is 0 Å². The number of hydrogen-bond donors (Lipinski definition) is 1. The Labute approximate surface area is 82.5 Å². The zero-order valence-electron chi connectivity index (χ0n) is 6.84. The molecule has 2 aromatic heterocycles. The van der Waals surface area contributed by atoms with E-state index in [9.17, 15) is 4.79 Å². The van der Waals surface area contributed by atoms with E-state index in [4.69, 9.17) is 0 Å². The van der Waals surface area contributed by atoms with E-state index in [0.29, 0.717) is 15.8 Å². The van der Waals surface area contributed by atoms with Crippen LogP contribution < -0.4 is 0 Å². The predicted molar refractivity (Wildman–Crippen MR) is 51.6 cm³/mol. The number of rotatable bonds is 1. The maximum absolute atomic E-state index is 11.1. The number of aromatic nitrogens is 3. The van der Waals surface area contributed by atoms with Crippen LogP contribution in [0, 0.1) is 0 Å². The van der Waals surface area contributed by atoms with Crippen LogP contribution in [-0.4, -0.2) is 21.0 Å². The molecule has 0 fully saturated rings. The first-order valence-electron chi connectivity index (χ1n) is 3.69. The molecule has 0 aliphatic heterocycles. The molecule has 13 heavy (non-hydrogen) atoms. The Morgan fingerprint density at radius 3 is 3.08 bits per heavy atom. The number of nitrogens with zero attached hydrogens (tertiary/aromatic N) is 2. The summed E-state index contributed by atoms with van der Waals surface area (Å²) in [5.41, 5.74) is 1.06. The van der Waals surface area contributed by atoms with Crippen molar-refractivity contribution in [2.75, 3.05) is 0 Å². The molecular weight excluding hydrogens is 234 g/mol. The molecule has 0 saturated heterocycles. The minimum absolute atomic E-state index is 0.0663. The highest BCUT2D eigenvalue weighted by atomic mass is 79.9. The Morgan fingerprint density at radius 1 is 1.62 bits per heavy atom. The average Bonchev–Trinajstić information content (AvgIpc) is 2.48. The van der Waals surface area contributed by atoms with Gasteiger partial charge in [0.05, 0.1) is 6.20 Å². The van der Waals surface area contributed by atoms with Crippen molar-refractivity contribution in [3.8, 4) is 0 Å². The number of carbonyl (C=O) groups excluding carboxylic acids is 1. The third-order valence-electron chi connectivity index (χ3n) is 1.71. The van der Waals surface area contributed by atoms with E-state index in [0.717, 1.165) is 5.39 Å². The lowest BCUT2D eigenvalue weighted by atomic mass is 10.2. The quantitative estimate of drug-likeness (QED) is 0.774. The molecular formula is C8H6BrN3O. The van der Waals surface area contributed by atoms with E-state index in [1.807, 2.05) is 6.07 Å². The number of H-pyrrole nitrogens is 1. The third-order valence-corrected chi connectivity index (χ3v) is 2.32. The van der Waals surface area contributed by atoms with Crippen molar-refractivity contribution in [3.63, 3.8) is 0 Å². The Balaban J connectivity index is 2.76. The number of Topliss-reactive ketones (excluding diaryl/α,β-unsaturated/α-hetero) is 1. The summed E-state index contributed by atoms with van der Waals surface area (Å²) < 4.78 is 0.703. The van der Waals surface area contributed by atoms with E-state index in [1.54, 1.807) is 6.20 Å². The largest absolute Gasteiger partial charge is 0.293 e. The summed E-state index contributed by atoms with van der Waals surface area (Å²) in [6, 6.07) is 1.82. The van der Waals surface area contributed by atoms with Gasteiger partial charge >= 0.3 is 0 Å². The highest BCUT2D eigenvalue weighted by molar-refractivity contribution is 9.10. The van der Waals surface area contributed by atoms with E-state index in [2.05, 4.69) is 31.1 Å². The van der Waals surface area contributed by atoms with Crippen molar-refractivity contribution in [1.29, 1.82) is 0 Å². The molecule has 0 amide bonds. The number of fused-ring (bicyclic) bond motifs is 1. The number of pyridine rings is 1. The van der Waals surface area contributed by atoms with Gasteiger partial charge in [-0.1, -0.05) is 0 Å². The Hall–Kier alpha value is -1.23. The molecule has 0 radical (unpaired) electrons. The second-order valence-electron chi connectivity index (χ2n) is 2.68. The van der Waals surface area contributed by atoms with Crippen molar-refractivity contribution in [3.05, 3.63) is 22.4 Å². The number of carbonyl (C=O) groups is 1. The lowest BCUT2D eigenvalue weighted by molar-refractivity contribution is 0.101. The van der Waals surface area contributed by atoms with E-state index in [-0.39, 0.29) is 5.78 Å². The molecule has 0 bridgehead atoms. The SMILES string of the molecule is CC(=O)c1nc2[nH]ncc2cc1Br. The van der Waals surface area contributed by atoms with Crippen molar-refractivity contribution in [1.82, 2.24) is 15.2 Å². The molecule has 5 heteroatoms. The molecule has 2 rings (SSSR count). The molecule has 0 aliphatic rings. The lowest BCUT2D eigenvalue weighted by Gasteiger charge is -1.97. The number of nitrogens with one attached hydrogen (secondary N) is 1. The van der Waals surface area contributed by atoms with E-state index < -0.39 is 0 Å². The molecule has 0 spiro atoms. The fourth-order valence-corrected chi connectivity index (χ4v) is 1.72. The number of aromatic amines is 1. The Bertz CT molecular complexity index is 477. The van der Waals surface area contributed by atoms with Crippen LogP contribution in [0.2, 0.25) is 0 Å². The first-order valence-corrected chi connectivity index (χ1v) is 4.48. The summed E-state index contributed by atoms with van der Waals surface area (Å²) in [5.74, 6) is -0.0663. The van der Waals surface area contributed by atoms with Crippen molar-refractivity contribution in [2.45, 2.75) is 6.92 Å². The molecule has 0 atom stereocenters. The summed E-state index contributed by atoms with van der Waals surface area (Å²) in [6.07, 6.45) is 1.66. The van der Waals surface area contributed by atoms with Crippen LogP contribution in [0.25, 0.3) is 11.0 Å². The van der Waals surface area contributed by atoms with Gasteiger partial charge in [-0.3, -0.25) is 9.89 Å². The molecule has 66 valence electrons. The van der Waals surface area contributed by atoms with Gasteiger partial charge in [0, 0.05) is 16.8 Å². The maximum Gasteiger partial charge on any atom is 0.179 e. The number of ketones is 1. The molecule has 2 heterocycles. The van der Waals surface area contributed by atoms with Gasteiger partial charge in [0.1, 0.15) is 5.69 Å². The second-order valence-corrected chi connectivity index (χ2v) is 3.54. The smallest absolute Gasteiger partial charge is 0.179 e. The molecule has 0 unspecified atom stereocenters. The number of halogens is 1. The summed E-state index contributed by atoms with van der Waals surface area (Å²) in [5, 5.41) is 7.42. The fraction of sp³-hybridized carbons (Fsp3) is 0.125. The fourth-order valence-electron chi connectivity index (χ4n) is 1.10. The van der Waals surface area contributed by atoms with Crippen molar-refractivity contribution >= 4 is 32.7 Å². The third kappa shape index (κ3) is 1.35. The molecule has 2 aromatic rings. The van der Waals surface area contributed by atoms with Gasteiger partial charge in [0.25, 0.3) is 0 Å². The topological polar surface area (TPSA) is 58.6 Å². The van der Waals surface area contributed by atoms with Crippen molar-refractivity contribution < 1.29 is 4.79 Å². The van der Waals surface area contributed by atoms with Gasteiger partial charge in [0.2, 0.25) is 0 Å². The van der Waals surface area contributed by atoms with Gasteiger partial charge in [-0.05, 0) is 22.0 Å². The van der Waals surface area contributed by atoms with Gasteiger partial charge in [-0.25, -0.2) is 4.98 Å². The highest BCUT2D eigenvalue weighted by Crippen LogP contribution is 2.20. The van der Waals surface area contributed by atoms with Crippen LogP contribution in [0.3, 0.4) is 0 Å². The molecule has 1 N–H and O–H groups in total. The first kappa shape index (κ1) is 8.37. The maximum atomic E-state index is 11.1. The van der Waals surface area contributed by atoms with Crippen molar-refractivity contribution in [2.24, 2.45) is 0 Å². The summed E-state index contributed by atoms with van der Waals surface area (Å²) >= 11 is 3.28. The molecule has 0 saturated carbocycles. The minimum Gasteiger partial charge on any atom is -0.293 e. The van der Waals surface area contributed by atoms with Crippen LogP contribution in [0.1, 0.15) is 17.4 Å². The Morgan fingerprint density at radius 2 is 2.38 bits per heavy atom. The van der Waals surface area contributed by atoms with Crippen LogP contribution in [0.15, 0.2) is 16.7 Å². The standard InChI is InChI=1S/C8H6BrN3O/c1-4(13)7-6(9)2-5-3-10-12-8(5)11-7/h2-3H,1H3,(H,10,11,12). The Kier molecular flexibility index (Phi) is 1.88. The molecule has 0 aromatic carbocycles. The van der Waals surface area contributed by atoms with Crippen LogP contribution in [0.5, 0.6) is 0 Å². The van der Waals surface area contributed by atoms with Gasteiger partial charge in [0.15, 0.2) is 11.4 Å². The predicted octanol–water partition coefficient (Wildman–Crippen LogP) is 1.92. The van der Waals surface area contributed by atoms with Crippen LogP contribution >= 0.6 is 15.9 Å². The zero-order chi connectivity index (χ0) is 9.42. The minimum atomic E-state index is -0.0663. The summed E-state index contributed by atoms with van der Waals surface area (Å²) in [6.45, 7) is 1.48. The molecule has 4 nitrogen and oxygen atoms in total.